The van der Waals surface area contributed by atoms with Crippen LogP contribution in [0, 0.1) is 17.0 Å². The summed E-state index contributed by atoms with van der Waals surface area (Å²) in [5, 5.41) is 7.23. The topological polar surface area (TPSA) is 96.0 Å². The summed E-state index contributed by atoms with van der Waals surface area (Å²) in [5.41, 5.74) is 3.92. The van der Waals surface area contributed by atoms with Crippen molar-refractivity contribution in [1.29, 1.82) is 5.41 Å². The molecule has 100 valence electrons. The normalized spacial score (nSPS) is 12.4. The lowest BCUT2D eigenvalue weighted by Gasteiger charge is -2.24. The minimum Gasteiger partial charge on any atom is -0.386 e. The predicted octanol–water partition coefficient (Wildman–Crippen LogP) is 0.958. The summed E-state index contributed by atoms with van der Waals surface area (Å²) in [4.78, 5) is -0.435. The molecule has 0 saturated carbocycles. The second-order valence-corrected chi connectivity index (χ2v) is 5.90. The third kappa shape index (κ3) is 3.02. The SMILES string of the molecule is CC(C)(NS(=O)(=O)c1ccc(F)c(F)c1)C(=N)N. The average Bonchev–Trinajstić information content (AvgIpc) is 2.20. The maximum Gasteiger partial charge on any atom is 0.241 e. The van der Waals surface area contributed by atoms with Gasteiger partial charge in [0.25, 0.3) is 0 Å². The molecule has 0 bridgehead atoms. The van der Waals surface area contributed by atoms with E-state index in [1.165, 1.54) is 13.8 Å². The Bertz CT molecular complexity index is 585. The summed E-state index contributed by atoms with van der Waals surface area (Å²) in [7, 11) is -4.08. The predicted molar refractivity (Wildman–Crippen MR) is 62.7 cm³/mol. The Hall–Kier alpha value is -1.54. The van der Waals surface area contributed by atoms with Gasteiger partial charge >= 0.3 is 0 Å². The van der Waals surface area contributed by atoms with Crippen LogP contribution in [0.3, 0.4) is 0 Å². The average molecular weight is 277 g/mol. The van der Waals surface area contributed by atoms with E-state index in [-0.39, 0.29) is 0 Å². The highest BCUT2D eigenvalue weighted by Crippen LogP contribution is 2.16. The van der Waals surface area contributed by atoms with Crippen LogP contribution in [0.2, 0.25) is 0 Å². The Labute approximate surface area is 104 Å². The lowest BCUT2D eigenvalue weighted by molar-refractivity contribution is 0.502. The number of amidine groups is 1. The first kappa shape index (κ1) is 14.5. The van der Waals surface area contributed by atoms with Gasteiger partial charge in [-0.3, -0.25) is 5.41 Å². The van der Waals surface area contributed by atoms with Gasteiger partial charge in [-0.1, -0.05) is 0 Å². The molecule has 1 rings (SSSR count). The van der Waals surface area contributed by atoms with Crippen molar-refractivity contribution in [3.63, 3.8) is 0 Å². The molecule has 0 aliphatic heterocycles. The van der Waals surface area contributed by atoms with E-state index in [2.05, 4.69) is 4.72 Å². The maximum atomic E-state index is 13.0. The highest BCUT2D eigenvalue weighted by atomic mass is 32.2. The Kier molecular flexibility index (Phi) is 3.72. The van der Waals surface area contributed by atoms with Gasteiger partial charge in [-0.2, -0.15) is 4.72 Å². The van der Waals surface area contributed by atoms with E-state index >= 15 is 0 Å². The zero-order valence-electron chi connectivity index (χ0n) is 9.79. The Morgan fingerprint density at radius 3 is 2.33 bits per heavy atom. The fourth-order valence-corrected chi connectivity index (χ4v) is 2.50. The molecule has 0 atom stereocenters. The molecule has 18 heavy (non-hydrogen) atoms. The fourth-order valence-electron chi connectivity index (χ4n) is 1.09. The molecule has 0 aliphatic rings. The fraction of sp³-hybridized carbons (Fsp3) is 0.300. The van der Waals surface area contributed by atoms with Crippen LogP contribution in [0.25, 0.3) is 0 Å². The van der Waals surface area contributed by atoms with Crippen molar-refractivity contribution in [2.75, 3.05) is 0 Å². The monoisotopic (exact) mass is 277 g/mol. The third-order valence-electron chi connectivity index (χ3n) is 2.26. The van der Waals surface area contributed by atoms with Crippen LogP contribution in [0.5, 0.6) is 0 Å². The van der Waals surface area contributed by atoms with Crippen LogP contribution in [0.1, 0.15) is 13.8 Å². The first-order chi connectivity index (χ1) is 8.06. The number of rotatable bonds is 4. The first-order valence-corrected chi connectivity index (χ1v) is 6.38. The lowest BCUT2D eigenvalue weighted by Crippen LogP contribution is -2.52. The molecular formula is C10H13F2N3O2S. The van der Waals surface area contributed by atoms with Crippen molar-refractivity contribution in [3.05, 3.63) is 29.8 Å². The van der Waals surface area contributed by atoms with Crippen molar-refractivity contribution in [2.24, 2.45) is 5.73 Å². The summed E-state index contributed by atoms with van der Waals surface area (Å²) in [6.07, 6.45) is 0. The number of hydrogen-bond acceptors (Lipinski definition) is 3. The van der Waals surface area contributed by atoms with Crippen LogP contribution in [0.15, 0.2) is 23.1 Å². The molecule has 0 heterocycles. The number of nitrogens with one attached hydrogen (secondary N) is 2. The van der Waals surface area contributed by atoms with Crippen molar-refractivity contribution < 1.29 is 17.2 Å². The minimum absolute atomic E-state index is 0.395. The number of halogens is 2. The van der Waals surface area contributed by atoms with Gasteiger partial charge in [0.05, 0.1) is 10.4 Å². The van der Waals surface area contributed by atoms with Crippen LogP contribution in [-0.4, -0.2) is 19.8 Å². The minimum atomic E-state index is -4.08. The maximum absolute atomic E-state index is 13.0. The molecule has 0 spiro atoms. The van der Waals surface area contributed by atoms with E-state index in [1.807, 2.05) is 0 Å². The van der Waals surface area contributed by atoms with Gasteiger partial charge in [0.2, 0.25) is 10.0 Å². The summed E-state index contributed by atoms with van der Waals surface area (Å²) in [5.74, 6) is -2.80. The molecule has 0 amide bonds. The van der Waals surface area contributed by atoms with Gasteiger partial charge in [-0.25, -0.2) is 17.2 Å². The molecule has 8 heteroatoms. The summed E-state index contributed by atoms with van der Waals surface area (Å²) in [6.45, 7) is 2.76. The largest absolute Gasteiger partial charge is 0.386 e. The van der Waals surface area contributed by atoms with Crippen LogP contribution >= 0.6 is 0 Å². The van der Waals surface area contributed by atoms with Crippen LogP contribution < -0.4 is 10.5 Å². The summed E-state index contributed by atoms with van der Waals surface area (Å²) in [6, 6.07) is 2.20. The number of nitrogens with two attached hydrogens (primary N) is 1. The molecule has 0 fully saturated rings. The molecule has 5 nitrogen and oxygen atoms in total. The van der Waals surface area contributed by atoms with E-state index in [0.717, 1.165) is 6.07 Å². The van der Waals surface area contributed by atoms with Crippen molar-refractivity contribution in [2.45, 2.75) is 24.3 Å². The van der Waals surface area contributed by atoms with Gasteiger partial charge in [0.1, 0.15) is 5.84 Å². The number of hydrogen-bond donors (Lipinski definition) is 3. The second-order valence-electron chi connectivity index (χ2n) is 4.22. The van der Waals surface area contributed by atoms with Crippen LogP contribution in [0.4, 0.5) is 8.78 Å². The van der Waals surface area contributed by atoms with Crippen LogP contribution in [-0.2, 0) is 10.0 Å². The smallest absolute Gasteiger partial charge is 0.241 e. The quantitative estimate of drug-likeness (QED) is 0.565. The van der Waals surface area contributed by atoms with Gasteiger partial charge in [0.15, 0.2) is 11.6 Å². The van der Waals surface area contributed by atoms with E-state index in [9.17, 15) is 17.2 Å². The summed E-state index contributed by atoms with van der Waals surface area (Å²) < 4.78 is 51.5. The van der Waals surface area contributed by atoms with Gasteiger partial charge in [0, 0.05) is 0 Å². The highest BCUT2D eigenvalue weighted by Gasteiger charge is 2.29. The van der Waals surface area contributed by atoms with Gasteiger partial charge < -0.3 is 5.73 Å². The van der Waals surface area contributed by atoms with E-state index in [0.29, 0.717) is 12.1 Å². The molecule has 1 aromatic rings. The Balaban J connectivity index is 3.15. The zero-order chi connectivity index (χ0) is 14.1. The summed E-state index contributed by atoms with van der Waals surface area (Å²) >= 11 is 0. The van der Waals surface area contributed by atoms with Crippen molar-refractivity contribution in [3.8, 4) is 0 Å². The Morgan fingerprint density at radius 1 is 1.33 bits per heavy atom. The van der Waals surface area contributed by atoms with E-state index in [1.54, 1.807) is 0 Å². The molecule has 0 aliphatic carbocycles. The van der Waals surface area contributed by atoms with E-state index < -0.39 is 37.9 Å². The standard InChI is InChI=1S/C10H13F2N3O2S/c1-10(2,9(13)14)15-18(16,17)6-3-4-7(11)8(12)5-6/h3-5,15H,1-2H3,(H3,13,14). The third-order valence-corrected chi connectivity index (χ3v) is 3.92. The lowest BCUT2D eigenvalue weighted by atomic mass is 10.1. The van der Waals surface area contributed by atoms with Crippen molar-refractivity contribution >= 4 is 15.9 Å². The zero-order valence-corrected chi connectivity index (χ0v) is 10.6. The second kappa shape index (κ2) is 4.62. The van der Waals surface area contributed by atoms with Gasteiger partial charge in [-0.05, 0) is 32.0 Å². The van der Waals surface area contributed by atoms with Gasteiger partial charge in [-0.15, -0.1) is 0 Å². The first-order valence-electron chi connectivity index (χ1n) is 4.90. The van der Waals surface area contributed by atoms with Crippen molar-refractivity contribution in [1.82, 2.24) is 4.72 Å². The molecule has 1 aromatic carbocycles. The highest BCUT2D eigenvalue weighted by molar-refractivity contribution is 7.89. The molecule has 0 unspecified atom stereocenters. The molecule has 0 aromatic heterocycles. The number of benzene rings is 1. The number of sulfonamides is 1. The van der Waals surface area contributed by atoms with E-state index in [4.69, 9.17) is 11.1 Å². The Morgan fingerprint density at radius 2 is 1.89 bits per heavy atom. The molecule has 4 N–H and O–H groups in total. The molecule has 0 saturated heterocycles. The molecular weight excluding hydrogens is 264 g/mol. The molecule has 0 radical (unpaired) electrons.